The number of aromatic nitrogens is 3. The van der Waals surface area contributed by atoms with E-state index in [1.807, 2.05) is 54.6 Å². The molecule has 2 aliphatic rings. The summed E-state index contributed by atoms with van der Waals surface area (Å²) in [4.78, 5) is 15.0. The SMILES string of the molecule is c1cccc(-c2nc(-c3ccccc3)nc(-c3cccc(-c4cccc5c4C4(c6ccccc6-5)c5ccccc5-c5c4ccc4c5oc5ccccc54)c3)n2)c#1. The molecule has 0 radical (unpaired) electrons. The van der Waals surface area contributed by atoms with Crippen LogP contribution in [0.5, 0.6) is 0 Å². The van der Waals surface area contributed by atoms with E-state index in [1.54, 1.807) is 0 Å². The topological polar surface area (TPSA) is 51.8 Å². The van der Waals surface area contributed by atoms with Crippen molar-refractivity contribution in [2.45, 2.75) is 5.41 Å². The Labute approximate surface area is 323 Å². The molecule has 10 aromatic rings. The van der Waals surface area contributed by atoms with Gasteiger partial charge in [-0.15, -0.1) is 0 Å². The molecule has 258 valence electrons. The molecule has 1 atom stereocenters. The molecule has 0 bridgehead atoms. The Balaban J connectivity index is 1.11. The Morgan fingerprint density at radius 1 is 0.446 bits per heavy atom. The van der Waals surface area contributed by atoms with Gasteiger partial charge in [0.1, 0.15) is 11.2 Å². The molecule has 4 nitrogen and oxygen atoms in total. The summed E-state index contributed by atoms with van der Waals surface area (Å²) in [6.45, 7) is 0. The predicted octanol–water partition coefficient (Wildman–Crippen LogP) is 12.4. The van der Waals surface area contributed by atoms with Gasteiger partial charge in [-0.1, -0.05) is 164 Å². The van der Waals surface area contributed by atoms with E-state index >= 15 is 0 Å². The number of benzene rings is 7. The van der Waals surface area contributed by atoms with E-state index in [1.165, 1.54) is 44.5 Å². The maximum absolute atomic E-state index is 6.77. The third-order valence-corrected chi connectivity index (χ3v) is 11.6. The lowest BCUT2D eigenvalue weighted by molar-refractivity contribution is 0.669. The molecule has 2 aromatic heterocycles. The number of hydrogen-bond donors (Lipinski definition) is 0. The van der Waals surface area contributed by atoms with Crippen LogP contribution >= 0.6 is 0 Å². The Bertz CT molecular complexity index is 3140. The number of furan rings is 1. The molecule has 1 unspecified atom stereocenters. The third kappa shape index (κ3) is 4.23. The smallest absolute Gasteiger partial charge is 0.172 e. The van der Waals surface area contributed by atoms with Crippen molar-refractivity contribution in [2.75, 3.05) is 0 Å². The van der Waals surface area contributed by atoms with Gasteiger partial charge >= 0.3 is 0 Å². The average molecular weight is 712 g/mol. The minimum absolute atomic E-state index is 0.558. The van der Waals surface area contributed by atoms with E-state index in [2.05, 4.69) is 133 Å². The second-order valence-electron chi connectivity index (χ2n) is 14.5. The lowest BCUT2D eigenvalue weighted by Crippen LogP contribution is -2.26. The molecule has 1 spiro atoms. The number of hydrogen-bond acceptors (Lipinski definition) is 4. The van der Waals surface area contributed by atoms with Gasteiger partial charge in [-0.05, 0) is 74.3 Å². The number of rotatable bonds is 4. The molecule has 0 saturated heterocycles. The van der Waals surface area contributed by atoms with Gasteiger partial charge in [0.25, 0.3) is 0 Å². The van der Waals surface area contributed by atoms with Crippen LogP contribution < -0.4 is 0 Å². The van der Waals surface area contributed by atoms with Gasteiger partial charge in [0.15, 0.2) is 17.5 Å². The third-order valence-electron chi connectivity index (χ3n) is 11.6. The molecule has 12 rings (SSSR count). The lowest BCUT2D eigenvalue weighted by atomic mass is 9.68. The van der Waals surface area contributed by atoms with Crippen LogP contribution in [0.1, 0.15) is 22.3 Å². The zero-order chi connectivity index (χ0) is 36.8. The Hall–Kier alpha value is -7.61. The maximum Gasteiger partial charge on any atom is 0.172 e. The van der Waals surface area contributed by atoms with Crippen molar-refractivity contribution in [2.24, 2.45) is 0 Å². The van der Waals surface area contributed by atoms with Crippen molar-refractivity contribution < 1.29 is 4.42 Å². The highest BCUT2D eigenvalue weighted by Gasteiger charge is 2.53. The predicted molar refractivity (Wildman–Crippen MR) is 223 cm³/mol. The second-order valence-corrected chi connectivity index (χ2v) is 14.5. The van der Waals surface area contributed by atoms with Crippen molar-refractivity contribution in [1.82, 2.24) is 15.0 Å². The van der Waals surface area contributed by atoms with Crippen molar-refractivity contribution in [3.63, 3.8) is 0 Å². The first-order chi connectivity index (χ1) is 27.8. The number of fused-ring (bicyclic) bond motifs is 14. The van der Waals surface area contributed by atoms with Crippen LogP contribution in [0.3, 0.4) is 0 Å². The van der Waals surface area contributed by atoms with Crippen molar-refractivity contribution in [3.05, 3.63) is 210 Å². The van der Waals surface area contributed by atoms with E-state index in [-0.39, 0.29) is 0 Å². The molecular weight excluding hydrogens is 683 g/mol. The van der Waals surface area contributed by atoms with E-state index < -0.39 is 5.41 Å². The summed E-state index contributed by atoms with van der Waals surface area (Å²) in [6.07, 6.45) is 0. The minimum Gasteiger partial charge on any atom is -0.455 e. The molecular formula is C52H29N3O. The first-order valence-corrected chi connectivity index (χ1v) is 18.9. The van der Waals surface area contributed by atoms with Gasteiger partial charge in [-0.2, -0.15) is 0 Å². The molecule has 4 heteroatoms. The Morgan fingerprint density at radius 2 is 1.11 bits per heavy atom. The summed E-state index contributed by atoms with van der Waals surface area (Å²) in [5, 5.41) is 2.27. The summed E-state index contributed by atoms with van der Waals surface area (Å²) >= 11 is 0. The first-order valence-electron chi connectivity index (χ1n) is 18.9. The van der Waals surface area contributed by atoms with Gasteiger partial charge in [0.2, 0.25) is 0 Å². The normalized spacial score (nSPS) is 14.7. The van der Waals surface area contributed by atoms with Crippen molar-refractivity contribution in [3.8, 4) is 67.5 Å². The molecule has 56 heavy (non-hydrogen) atoms. The highest BCUT2D eigenvalue weighted by Crippen LogP contribution is 2.65. The highest BCUT2D eigenvalue weighted by molar-refractivity contribution is 6.13. The van der Waals surface area contributed by atoms with Crippen LogP contribution in [-0.2, 0) is 5.41 Å². The van der Waals surface area contributed by atoms with E-state index in [9.17, 15) is 0 Å². The van der Waals surface area contributed by atoms with Crippen molar-refractivity contribution >= 4 is 21.9 Å². The first kappa shape index (κ1) is 30.8. The lowest BCUT2D eigenvalue weighted by Gasteiger charge is -2.32. The van der Waals surface area contributed by atoms with Crippen LogP contribution in [0.25, 0.3) is 89.5 Å². The fourth-order valence-electron chi connectivity index (χ4n) is 9.35. The Morgan fingerprint density at radius 3 is 1.96 bits per heavy atom. The Kier molecular flexibility index (Phi) is 6.43. The molecule has 2 heterocycles. The largest absolute Gasteiger partial charge is 0.455 e. The monoisotopic (exact) mass is 711 g/mol. The van der Waals surface area contributed by atoms with Crippen molar-refractivity contribution in [1.29, 1.82) is 0 Å². The summed E-state index contributed by atoms with van der Waals surface area (Å²) in [7, 11) is 0. The average Bonchev–Trinajstić information content (AvgIpc) is 3.91. The second kappa shape index (κ2) is 11.7. The van der Waals surface area contributed by atoms with Crippen LogP contribution in [0.4, 0.5) is 0 Å². The highest BCUT2D eigenvalue weighted by atomic mass is 16.3. The molecule has 0 saturated carbocycles. The molecule has 2 aliphatic carbocycles. The summed E-state index contributed by atoms with van der Waals surface area (Å²) < 4.78 is 6.77. The fourth-order valence-corrected chi connectivity index (χ4v) is 9.35. The summed E-state index contributed by atoms with van der Waals surface area (Å²) in [5.74, 6) is 1.77. The number of nitrogens with zero attached hydrogens (tertiary/aromatic N) is 3. The maximum atomic E-state index is 6.77. The zero-order valence-corrected chi connectivity index (χ0v) is 30.0. The van der Waals surface area contributed by atoms with E-state index in [0.717, 1.165) is 49.8 Å². The van der Waals surface area contributed by atoms with E-state index in [0.29, 0.717) is 17.5 Å². The van der Waals surface area contributed by atoms with Gasteiger partial charge in [0, 0.05) is 27.5 Å². The van der Waals surface area contributed by atoms with Crippen LogP contribution in [0, 0.1) is 12.1 Å². The van der Waals surface area contributed by atoms with Crippen LogP contribution in [-0.4, -0.2) is 15.0 Å². The summed E-state index contributed by atoms with van der Waals surface area (Å²) in [5.41, 5.74) is 16.0. The van der Waals surface area contributed by atoms with Gasteiger partial charge in [0.05, 0.1) is 11.0 Å². The zero-order valence-electron chi connectivity index (χ0n) is 30.0. The molecule has 8 aromatic carbocycles. The quantitative estimate of drug-likeness (QED) is 0.182. The fraction of sp³-hybridized carbons (Fsp3) is 0.0192. The standard InChI is InChI=1S/C52H29N3O/c1-3-15-32(16-4-1)49-53-50(33-17-5-2-6-18-33)55-51(54-49)35-20-13-19-34(31-35)36-24-14-25-39-37-21-7-10-26-42(37)52(47(36)39)43-27-11-8-23-41(43)46-44(52)30-29-40-38-22-9-12-28-45(38)56-48(40)46/h1-5,7-17,19-31H. The van der Waals surface area contributed by atoms with Gasteiger partial charge < -0.3 is 4.42 Å². The van der Waals surface area contributed by atoms with Gasteiger partial charge in [-0.3, -0.25) is 0 Å². The molecule has 0 aliphatic heterocycles. The van der Waals surface area contributed by atoms with Gasteiger partial charge in [-0.25, -0.2) is 15.0 Å². The molecule has 0 N–H and O–H groups in total. The molecule has 0 amide bonds. The van der Waals surface area contributed by atoms with Crippen LogP contribution in [0.2, 0.25) is 0 Å². The van der Waals surface area contributed by atoms with Crippen LogP contribution in [0.15, 0.2) is 180 Å². The summed E-state index contributed by atoms with van der Waals surface area (Å²) in [6, 6.07) is 68.3. The van der Waals surface area contributed by atoms with E-state index in [4.69, 9.17) is 19.4 Å². The number of para-hydroxylation sites is 1. The molecule has 0 fully saturated rings. The minimum atomic E-state index is -0.571.